The summed E-state index contributed by atoms with van der Waals surface area (Å²) in [4.78, 5) is 15.0. The lowest BCUT2D eigenvalue weighted by Crippen LogP contribution is -2.35. The fourth-order valence-corrected chi connectivity index (χ4v) is 2.16. The second-order valence-electron chi connectivity index (χ2n) is 4.97. The number of aromatic nitrogens is 2. The Hall–Kier alpha value is -1.71. The molecule has 22 heavy (non-hydrogen) atoms. The zero-order chi connectivity index (χ0) is 15.8. The Morgan fingerprint density at radius 2 is 2.27 bits per heavy atom. The van der Waals surface area contributed by atoms with Crippen molar-refractivity contribution < 1.29 is 23.5 Å². The third-order valence-corrected chi connectivity index (χ3v) is 3.28. The Kier molecular flexibility index (Phi) is 6.56. The molecule has 1 aliphatic rings. The number of nitrogens with one attached hydrogen (secondary N) is 1. The van der Waals surface area contributed by atoms with Crippen LogP contribution in [0.1, 0.15) is 30.7 Å². The molecule has 9 heteroatoms. The van der Waals surface area contributed by atoms with Crippen molar-refractivity contribution >= 4 is 6.03 Å². The maximum atomic E-state index is 10.7. The maximum Gasteiger partial charge on any atom is 0.312 e. The highest BCUT2D eigenvalue weighted by Gasteiger charge is 2.30. The van der Waals surface area contributed by atoms with Crippen molar-refractivity contribution in [3.63, 3.8) is 0 Å². The van der Waals surface area contributed by atoms with Crippen LogP contribution in [-0.4, -0.2) is 55.8 Å². The summed E-state index contributed by atoms with van der Waals surface area (Å²) in [7, 11) is 1.63. The lowest BCUT2D eigenvalue weighted by molar-refractivity contribution is 0.0402. The second kappa shape index (κ2) is 8.66. The molecule has 0 aromatic carbocycles. The molecule has 2 amide bonds. The number of methoxy groups -OCH3 is 1. The number of carbonyl (C=O) groups excluding carboxylic acids is 1. The number of nitrogens with two attached hydrogens (primary N) is 1. The number of hydrogen-bond acceptors (Lipinski definition) is 7. The van der Waals surface area contributed by atoms with Gasteiger partial charge in [-0.15, -0.1) is 0 Å². The molecule has 1 saturated heterocycles. The van der Waals surface area contributed by atoms with E-state index in [1.54, 1.807) is 7.11 Å². The summed E-state index contributed by atoms with van der Waals surface area (Å²) in [6, 6.07) is -0.553. The molecule has 2 rings (SSSR count). The van der Waals surface area contributed by atoms with Crippen LogP contribution in [0.4, 0.5) is 4.79 Å². The van der Waals surface area contributed by atoms with Gasteiger partial charge in [0, 0.05) is 13.7 Å². The molecule has 0 aliphatic carbocycles. The van der Waals surface area contributed by atoms with Crippen LogP contribution in [0.2, 0.25) is 0 Å². The molecule has 9 nitrogen and oxygen atoms in total. The van der Waals surface area contributed by atoms with Crippen molar-refractivity contribution in [2.24, 2.45) is 5.73 Å². The third kappa shape index (κ3) is 5.24. The summed E-state index contributed by atoms with van der Waals surface area (Å²) < 4.78 is 21.2. The summed E-state index contributed by atoms with van der Waals surface area (Å²) in [5.74, 6) is 1.06. The van der Waals surface area contributed by atoms with Crippen LogP contribution >= 0.6 is 0 Å². The molecule has 2 unspecified atom stereocenters. The summed E-state index contributed by atoms with van der Waals surface area (Å²) >= 11 is 0. The van der Waals surface area contributed by atoms with Crippen molar-refractivity contribution in [3.8, 4) is 0 Å². The van der Waals surface area contributed by atoms with Gasteiger partial charge in [-0.1, -0.05) is 5.16 Å². The molecule has 0 radical (unpaired) electrons. The lowest BCUT2D eigenvalue weighted by atomic mass is 10.2. The first-order chi connectivity index (χ1) is 10.7. The van der Waals surface area contributed by atoms with E-state index < -0.39 is 6.03 Å². The van der Waals surface area contributed by atoms with Crippen LogP contribution in [-0.2, 0) is 20.6 Å². The minimum absolute atomic E-state index is 0.0724. The number of rotatable bonds is 9. The number of hydrogen-bond donors (Lipinski definition) is 2. The Bertz CT molecular complexity index is 467. The van der Waals surface area contributed by atoms with Crippen molar-refractivity contribution in [3.05, 3.63) is 11.7 Å². The summed E-state index contributed by atoms with van der Waals surface area (Å²) in [5.41, 5.74) is 5.03. The number of carbonyl (C=O) groups is 1. The largest absolute Gasteiger partial charge is 0.382 e. The van der Waals surface area contributed by atoms with Crippen LogP contribution < -0.4 is 11.1 Å². The van der Waals surface area contributed by atoms with Gasteiger partial charge in [-0.3, -0.25) is 0 Å². The zero-order valence-corrected chi connectivity index (χ0v) is 12.6. The number of amides is 2. The molecule has 124 valence electrons. The molecule has 2 heterocycles. The van der Waals surface area contributed by atoms with E-state index in [2.05, 4.69) is 15.5 Å². The SMILES string of the molecule is COCCOCCc1nc(C2CCC(CNC(N)=O)O2)no1. The van der Waals surface area contributed by atoms with E-state index >= 15 is 0 Å². The molecule has 2 atom stereocenters. The molecule has 0 bridgehead atoms. The highest BCUT2D eigenvalue weighted by Crippen LogP contribution is 2.30. The smallest absolute Gasteiger partial charge is 0.312 e. The van der Waals surface area contributed by atoms with Gasteiger partial charge in [0.2, 0.25) is 11.7 Å². The topological polar surface area (TPSA) is 122 Å². The van der Waals surface area contributed by atoms with E-state index in [9.17, 15) is 4.79 Å². The molecule has 1 aliphatic heterocycles. The van der Waals surface area contributed by atoms with E-state index in [0.29, 0.717) is 44.5 Å². The van der Waals surface area contributed by atoms with Gasteiger partial charge in [0.15, 0.2) is 0 Å². The van der Waals surface area contributed by atoms with E-state index in [1.807, 2.05) is 0 Å². The summed E-state index contributed by atoms with van der Waals surface area (Å²) in [5, 5.41) is 6.47. The average Bonchev–Trinajstić information content (AvgIpc) is 3.14. The molecule has 1 fully saturated rings. The maximum absolute atomic E-state index is 10.7. The van der Waals surface area contributed by atoms with Crippen molar-refractivity contribution in [2.45, 2.75) is 31.5 Å². The molecule has 0 saturated carbocycles. The first-order valence-corrected chi connectivity index (χ1v) is 7.27. The molecular formula is C13H22N4O5. The average molecular weight is 314 g/mol. The Labute approximate surface area is 128 Å². The highest BCUT2D eigenvalue weighted by atomic mass is 16.5. The minimum Gasteiger partial charge on any atom is -0.382 e. The second-order valence-corrected chi connectivity index (χ2v) is 4.97. The van der Waals surface area contributed by atoms with Crippen molar-refractivity contribution in [2.75, 3.05) is 33.5 Å². The van der Waals surface area contributed by atoms with E-state index in [0.717, 1.165) is 12.8 Å². The Morgan fingerprint density at radius 1 is 1.41 bits per heavy atom. The van der Waals surface area contributed by atoms with E-state index in [1.165, 1.54) is 0 Å². The molecule has 1 aromatic heterocycles. The Morgan fingerprint density at radius 3 is 3.05 bits per heavy atom. The fraction of sp³-hybridized carbons (Fsp3) is 0.769. The van der Waals surface area contributed by atoms with Gasteiger partial charge in [0.25, 0.3) is 0 Å². The highest BCUT2D eigenvalue weighted by molar-refractivity contribution is 5.71. The minimum atomic E-state index is -0.553. The van der Waals surface area contributed by atoms with Gasteiger partial charge in [-0.25, -0.2) is 4.79 Å². The van der Waals surface area contributed by atoms with Gasteiger partial charge in [0.05, 0.1) is 32.3 Å². The molecule has 0 spiro atoms. The predicted octanol–water partition coefficient (Wildman–Crippen LogP) is 0.164. The molecular weight excluding hydrogens is 292 g/mol. The number of ether oxygens (including phenoxy) is 3. The first kappa shape index (κ1) is 16.7. The third-order valence-electron chi connectivity index (χ3n) is 3.28. The van der Waals surface area contributed by atoms with E-state index in [4.69, 9.17) is 24.5 Å². The van der Waals surface area contributed by atoms with Crippen LogP contribution in [0.15, 0.2) is 4.52 Å². The lowest BCUT2D eigenvalue weighted by Gasteiger charge is -2.11. The first-order valence-electron chi connectivity index (χ1n) is 7.27. The van der Waals surface area contributed by atoms with Crippen LogP contribution in [0.5, 0.6) is 0 Å². The van der Waals surface area contributed by atoms with E-state index in [-0.39, 0.29) is 12.2 Å². The summed E-state index contributed by atoms with van der Waals surface area (Å²) in [6.45, 7) is 2.00. The quantitative estimate of drug-likeness (QED) is 0.623. The number of nitrogens with zero attached hydrogens (tertiary/aromatic N) is 2. The van der Waals surface area contributed by atoms with Gasteiger partial charge in [0.1, 0.15) is 6.10 Å². The standard InChI is InChI=1S/C13H22N4O5/c1-19-6-7-20-5-4-11-16-12(17-22-11)10-3-2-9(21-10)8-15-13(14)18/h9-10H,2-8H2,1H3,(H3,14,15,18). The molecule has 1 aromatic rings. The Balaban J connectivity index is 1.71. The van der Waals surface area contributed by atoms with Gasteiger partial charge in [-0.05, 0) is 12.8 Å². The normalized spacial score (nSPS) is 21.1. The van der Waals surface area contributed by atoms with Crippen LogP contribution in [0.3, 0.4) is 0 Å². The van der Waals surface area contributed by atoms with Gasteiger partial charge < -0.3 is 29.8 Å². The van der Waals surface area contributed by atoms with Crippen LogP contribution in [0, 0.1) is 0 Å². The van der Waals surface area contributed by atoms with Crippen molar-refractivity contribution in [1.29, 1.82) is 0 Å². The monoisotopic (exact) mass is 314 g/mol. The fourth-order valence-electron chi connectivity index (χ4n) is 2.16. The van der Waals surface area contributed by atoms with Crippen molar-refractivity contribution in [1.82, 2.24) is 15.5 Å². The zero-order valence-electron chi connectivity index (χ0n) is 12.6. The van der Waals surface area contributed by atoms with Crippen LogP contribution in [0.25, 0.3) is 0 Å². The predicted molar refractivity (Wildman–Crippen MR) is 75.1 cm³/mol. The number of primary amides is 1. The van der Waals surface area contributed by atoms with Gasteiger partial charge >= 0.3 is 6.03 Å². The summed E-state index contributed by atoms with van der Waals surface area (Å²) in [6.07, 6.45) is 1.88. The number of urea groups is 1. The van der Waals surface area contributed by atoms with Gasteiger partial charge in [-0.2, -0.15) is 4.98 Å². The molecule has 3 N–H and O–H groups in total.